The van der Waals surface area contributed by atoms with E-state index in [0.717, 1.165) is 11.1 Å². The lowest BCUT2D eigenvalue weighted by Gasteiger charge is -2.30. The number of likely N-dealkylation sites (tertiary alicyclic amines) is 1. The number of benzene rings is 1. The zero-order chi connectivity index (χ0) is 20.1. The van der Waals surface area contributed by atoms with Crippen molar-refractivity contribution in [2.24, 2.45) is 11.8 Å². The van der Waals surface area contributed by atoms with Gasteiger partial charge in [-0.3, -0.25) is 4.79 Å². The van der Waals surface area contributed by atoms with Gasteiger partial charge in [0.25, 0.3) is 0 Å². The van der Waals surface area contributed by atoms with Crippen molar-refractivity contribution < 1.29 is 17.7 Å². The van der Waals surface area contributed by atoms with Crippen molar-refractivity contribution in [2.75, 3.05) is 19.6 Å². The first-order valence-corrected chi connectivity index (χ1v) is 11.0. The van der Waals surface area contributed by atoms with Crippen molar-refractivity contribution in [3.63, 3.8) is 0 Å². The molecule has 0 bridgehead atoms. The number of aryl methyl sites for hydroxylation is 2. The van der Waals surface area contributed by atoms with Crippen LogP contribution in [0.3, 0.4) is 0 Å². The van der Waals surface area contributed by atoms with Gasteiger partial charge in [0.15, 0.2) is 5.76 Å². The normalized spacial score (nSPS) is 25.2. The van der Waals surface area contributed by atoms with Crippen LogP contribution in [-0.4, -0.2) is 48.3 Å². The molecule has 3 atom stereocenters. The summed E-state index contributed by atoms with van der Waals surface area (Å²) in [6, 6.07) is 7.97. The molecule has 150 valence electrons. The van der Waals surface area contributed by atoms with Gasteiger partial charge < -0.3 is 9.42 Å². The first kappa shape index (κ1) is 19.1. The summed E-state index contributed by atoms with van der Waals surface area (Å²) < 4.78 is 32.6. The van der Waals surface area contributed by atoms with Gasteiger partial charge in [0.1, 0.15) is 4.90 Å². The average Bonchev–Trinajstić information content (AvgIpc) is 3.36. The van der Waals surface area contributed by atoms with Crippen LogP contribution in [0.5, 0.6) is 0 Å². The van der Waals surface area contributed by atoms with Crippen molar-refractivity contribution in [3.05, 3.63) is 47.3 Å². The first-order valence-electron chi connectivity index (χ1n) is 9.61. The third-order valence-electron chi connectivity index (χ3n) is 6.08. The molecule has 1 amide bonds. The molecule has 1 aromatic carbocycles. The molecule has 1 aromatic heterocycles. The fourth-order valence-electron chi connectivity index (χ4n) is 4.65. The van der Waals surface area contributed by atoms with Crippen molar-refractivity contribution in [2.45, 2.75) is 38.1 Å². The van der Waals surface area contributed by atoms with Crippen LogP contribution in [0.25, 0.3) is 0 Å². The second-order valence-corrected chi connectivity index (χ2v) is 9.60. The molecule has 2 aromatic rings. The number of aromatic nitrogens is 1. The molecule has 28 heavy (non-hydrogen) atoms. The predicted octanol–water partition coefficient (Wildman–Crippen LogP) is 2.52. The fourth-order valence-corrected chi connectivity index (χ4v) is 6.26. The Balaban J connectivity index is 1.68. The van der Waals surface area contributed by atoms with Gasteiger partial charge >= 0.3 is 0 Å². The molecule has 3 heterocycles. The number of rotatable bonds is 4. The summed E-state index contributed by atoms with van der Waals surface area (Å²) in [5.74, 6) is 0.615. The number of nitrogens with zero attached hydrogens (tertiary/aromatic N) is 3. The zero-order valence-electron chi connectivity index (χ0n) is 16.3. The van der Waals surface area contributed by atoms with Crippen LogP contribution in [0.4, 0.5) is 0 Å². The second-order valence-electron chi connectivity index (χ2n) is 7.69. The van der Waals surface area contributed by atoms with Gasteiger partial charge in [-0.1, -0.05) is 36.3 Å². The van der Waals surface area contributed by atoms with Gasteiger partial charge in [0, 0.05) is 32.0 Å². The lowest BCUT2D eigenvalue weighted by Crippen LogP contribution is -2.37. The Morgan fingerprint density at radius 2 is 1.96 bits per heavy atom. The van der Waals surface area contributed by atoms with E-state index >= 15 is 0 Å². The van der Waals surface area contributed by atoms with Crippen LogP contribution in [0.1, 0.15) is 36.3 Å². The SMILES string of the molecule is CCC(=O)N1C[C@@H]2CN(S(=O)(=O)c3cnoc3C)C[C@@H]2[C@H]1c1ccccc1C. The number of amides is 1. The Morgan fingerprint density at radius 3 is 2.61 bits per heavy atom. The van der Waals surface area contributed by atoms with E-state index in [1.54, 1.807) is 6.92 Å². The van der Waals surface area contributed by atoms with Crippen LogP contribution in [0, 0.1) is 25.7 Å². The maximum atomic E-state index is 13.1. The van der Waals surface area contributed by atoms with E-state index in [0.29, 0.717) is 31.8 Å². The molecule has 7 nitrogen and oxygen atoms in total. The van der Waals surface area contributed by atoms with E-state index in [2.05, 4.69) is 11.2 Å². The summed E-state index contributed by atoms with van der Waals surface area (Å²) in [4.78, 5) is 14.7. The molecule has 2 saturated heterocycles. The smallest absolute Gasteiger partial charge is 0.248 e. The van der Waals surface area contributed by atoms with Gasteiger partial charge in [0.2, 0.25) is 15.9 Å². The van der Waals surface area contributed by atoms with Gasteiger partial charge in [0.05, 0.1) is 12.2 Å². The van der Waals surface area contributed by atoms with E-state index in [-0.39, 0.29) is 28.7 Å². The van der Waals surface area contributed by atoms with Crippen LogP contribution < -0.4 is 0 Å². The minimum atomic E-state index is -3.65. The largest absolute Gasteiger partial charge is 0.360 e. The molecule has 0 saturated carbocycles. The van der Waals surface area contributed by atoms with E-state index < -0.39 is 10.0 Å². The van der Waals surface area contributed by atoms with Crippen molar-refractivity contribution >= 4 is 15.9 Å². The Labute approximate surface area is 165 Å². The Hall–Kier alpha value is -2.19. The van der Waals surface area contributed by atoms with Crippen LogP contribution in [0.2, 0.25) is 0 Å². The number of hydrogen-bond acceptors (Lipinski definition) is 5. The molecule has 0 radical (unpaired) electrons. The summed E-state index contributed by atoms with van der Waals surface area (Å²) in [6.45, 7) is 6.91. The monoisotopic (exact) mass is 403 g/mol. The molecule has 2 aliphatic rings. The first-order chi connectivity index (χ1) is 13.3. The molecule has 2 aliphatic heterocycles. The number of carbonyl (C=O) groups excluding carboxylic acids is 1. The highest BCUT2D eigenvalue weighted by Gasteiger charge is 2.51. The lowest BCUT2D eigenvalue weighted by atomic mass is 9.87. The number of carbonyl (C=O) groups is 1. The molecule has 0 N–H and O–H groups in total. The highest BCUT2D eigenvalue weighted by Crippen LogP contribution is 2.47. The third kappa shape index (κ3) is 2.95. The van der Waals surface area contributed by atoms with Gasteiger partial charge in [-0.2, -0.15) is 4.31 Å². The highest BCUT2D eigenvalue weighted by molar-refractivity contribution is 7.89. The lowest BCUT2D eigenvalue weighted by molar-refractivity contribution is -0.132. The van der Waals surface area contributed by atoms with Crippen LogP contribution in [0.15, 0.2) is 39.9 Å². The molecular weight excluding hydrogens is 378 g/mol. The molecule has 4 rings (SSSR count). The second kappa shape index (κ2) is 7.00. The van der Waals surface area contributed by atoms with Crippen LogP contribution in [-0.2, 0) is 14.8 Å². The Kier molecular flexibility index (Phi) is 4.79. The van der Waals surface area contributed by atoms with E-state index in [1.165, 1.54) is 10.5 Å². The summed E-state index contributed by atoms with van der Waals surface area (Å²) in [6.07, 6.45) is 1.72. The summed E-state index contributed by atoms with van der Waals surface area (Å²) in [7, 11) is -3.65. The van der Waals surface area contributed by atoms with Crippen molar-refractivity contribution in [3.8, 4) is 0 Å². The number of sulfonamides is 1. The average molecular weight is 404 g/mol. The molecular formula is C20H25N3O4S. The third-order valence-corrected chi connectivity index (χ3v) is 8.01. The quantitative estimate of drug-likeness (QED) is 0.783. The standard InChI is InChI=1S/C20H25N3O4S/c1-4-19(24)23-11-15-10-22(28(25,26)18-9-21-27-14(18)3)12-17(15)20(23)16-8-6-5-7-13(16)2/h5-9,15,17,20H,4,10-12H2,1-3H3/t15-,17-,20+/m0/s1. The summed E-state index contributed by atoms with van der Waals surface area (Å²) in [5, 5.41) is 3.62. The Morgan fingerprint density at radius 1 is 1.21 bits per heavy atom. The van der Waals surface area contributed by atoms with E-state index in [4.69, 9.17) is 4.52 Å². The van der Waals surface area contributed by atoms with Gasteiger partial charge in [-0.15, -0.1) is 0 Å². The zero-order valence-corrected chi connectivity index (χ0v) is 17.1. The van der Waals surface area contributed by atoms with Crippen molar-refractivity contribution in [1.82, 2.24) is 14.4 Å². The highest BCUT2D eigenvalue weighted by atomic mass is 32.2. The molecule has 0 aliphatic carbocycles. The molecule has 8 heteroatoms. The summed E-state index contributed by atoms with van der Waals surface area (Å²) >= 11 is 0. The number of hydrogen-bond donors (Lipinski definition) is 0. The van der Waals surface area contributed by atoms with Crippen molar-refractivity contribution in [1.29, 1.82) is 0 Å². The molecule has 0 unspecified atom stereocenters. The number of fused-ring (bicyclic) bond motifs is 1. The Bertz CT molecular complexity index is 1000. The molecule has 0 spiro atoms. The predicted molar refractivity (Wildman–Crippen MR) is 103 cm³/mol. The summed E-state index contributed by atoms with van der Waals surface area (Å²) in [5.41, 5.74) is 2.23. The minimum Gasteiger partial charge on any atom is -0.360 e. The maximum absolute atomic E-state index is 13.1. The van der Waals surface area contributed by atoms with E-state index in [9.17, 15) is 13.2 Å². The fraction of sp³-hybridized carbons (Fsp3) is 0.500. The topological polar surface area (TPSA) is 83.7 Å². The van der Waals surface area contributed by atoms with Crippen LogP contribution >= 0.6 is 0 Å². The minimum absolute atomic E-state index is 0.0755. The van der Waals surface area contributed by atoms with E-state index in [1.807, 2.05) is 36.9 Å². The molecule has 2 fully saturated rings. The van der Waals surface area contributed by atoms with Gasteiger partial charge in [-0.05, 0) is 30.9 Å². The maximum Gasteiger partial charge on any atom is 0.248 e. The van der Waals surface area contributed by atoms with Gasteiger partial charge in [-0.25, -0.2) is 8.42 Å².